The Hall–Kier alpha value is -0.440. The lowest BCUT2D eigenvalue weighted by molar-refractivity contribution is 0.152. The maximum atomic E-state index is 13.3. The summed E-state index contributed by atoms with van der Waals surface area (Å²) in [5.41, 5.74) is 0. The fraction of sp³-hybridized carbons (Fsp3) is 0.625. The third kappa shape index (κ3) is 5.05. The van der Waals surface area contributed by atoms with Crippen LogP contribution in [-0.4, -0.2) is 63.4 Å². The first kappa shape index (κ1) is 20.9. The van der Waals surface area contributed by atoms with Gasteiger partial charge in [-0.2, -0.15) is 4.31 Å². The molecule has 0 amide bonds. The number of sulfonamides is 1. The van der Waals surface area contributed by atoms with Gasteiger partial charge in [0.05, 0.1) is 9.92 Å². The van der Waals surface area contributed by atoms with Crippen molar-refractivity contribution in [2.75, 3.05) is 45.8 Å². The molecule has 0 saturated carbocycles. The quantitative estimate of drug-likeness (QED) is 0.824. The van der Waals surface area contributed by atoms with Gasteiger partial charge in [0, 0.05) is 32.7 Å². The number of hydrogen-bond acceptors (Lipinski definition) is 4. The molecule has 25 heavy (non-hydrogen) atoms. The molecule has 0 bridgehead atoms. The lowest BCUT2D eigenvalue weighted by Crippen LogP contribution is -2.50. The molecule has 0 radical (unpaired) electrons. The third-order valence-electron chi connectivity index (χ3n) is 4.84. The molecule has 9 heteroatoms. The van der Waals surface area contributed by atoms with Gasteiger partial charge in [-0.1, -0.05) is 11.6 Å². The summed E-state index contributed by atoms with van der Waals surface area (Å²) in [4.78, 5) is 2.40. The van der Waals surface area contributed by atoms with Crippen LogP contribution in [0.5, 0.6) is 0 Å². The van der Waals surface area contributed by atoms with Crippen molar-refractivity contribution >= 4 is 34.0 Å². The van der Waals surface area contributed by atoms with Gasteiger partial charge in [-0.25, -0.2) is 12.8 Å². The van der Waals surface area contributed by atoms with Gasteiger partial charge in [0.1, 0.15) is 5.82 Å². The molecule has 1 aromatic rings. The van der Waals surface area contributed by atoms with Crippen molar-refractivity contribution in [3.8, 4) is 0 Å². The summed E-state index contributed by atoms with van der Waals surface area (Å²) in [6.45, 7) is 5.58. The number of piperidine rings is 1. The van der Waals surface area contributed by atoms with E-state index >= 15 is 0 Å². The molecule has 2 fully saturated rings. The Morgan fingerprint density at radius 3 is 2.40 bits per heavy atom. The standard InChI is InChI=1S/C16H23ClFN3O2S.ClH/c17-15-11-14(1-2-16(15)18)24(22,23)21-9-7-20(8-10-21)12-13-3-5-19-6-4-13;/h1-2,11,13,19H,3-10,12H2;1H. The highest BCUT2D eigenvalue weighted by Gasteiger charge is 2.29. The summed E-state index contributed by atoms with van der Waals surface area (Å²) in [5.74, 6) is 0.0905. The minimum Gasteiger partial charge on any atom is -0.317 e. The highest BCUT2D eigenvalue weighted by atomic mass is 35.5. The van der Waals surface area contributed by atoms with Crippen LogP contribution in [0.25, 0.3) is 0 Å². The SMILES string of the molecule is Cl.O=S(=O)(c1ccc(F)c(Cl)c1)N1CCN(CC2CCNCC2)CC1. The molecule has 3 rings (SSSR count). The number of nitrogens with one attached hydrogen (secondary N) is 1. The zero-order valence-electron chi connectivity index (χ0n) is 14.0. The van der Waals surface area contributed by atoms with Crippen LogP contribution in [0.4, 0.5) is 4.39 Å². The normalized spacial score (nSPS) is 21.0. The second-order valence-corrected chi connectivity index (χ2v) is 8.82. The predicted molar refractivity (Wildman–Crippen MR) is 99.5 cm³/mol. The smallest absolute Gasteiger partial charge is 0.243 e. The molecule has 0 unspecified atom stereocenters. The first-order chi connectivity index (χ1) is 11.5. The van der Waals surface area contributed by atoms with E-state index in [9.17, 15) is 12.8 Å². The summed E-state index contributed by atoms with van der Waals surface area (Å²) in [7, 11) is -3.61. The fourth-order valence-electron chi connectivity index (χ4n) is 3.37. The number of halogens is 3. The van der Waals surface area contributed by atoms with E-state index in [1.165, 1.54) is 29.3 Å². The zero-order chi connectivity index (χ0) is 17.2. The van der Waals surface area contributed by atoms with Gasteiger partial charge in [-0.3, -0.25) is 0 Å². The molecule has 1 N–H and O–H groups in total. The lowest BCUT2D eigenvalue weighted by Gasteiger charge is -2.36. The molecule has 0 aromatic heterocycles. The van der Waals surface area contributed by atoms with E-state index in [2.05, 4.69) is 10.2 Å². The molecule has 0 aliphatic carbocycles. The van der Waals surface area contributed by atoms with Crippen LogP contribution in [-0.2, 0) is 10.0 Å². The summed E-state index contributed by atoms with van der Waals surface area (Å²) >= 11 is 5.72. The van der Waals surface area contributed by atoms with Gasteiger partial charge in [-0.05, 0) is 50.0 Å². The van der Waals surface area contributed by atoms with E-state index in [4.69, 9.17) is 11.6 Å². The first-order valence-corrected chi connectivity index (χ1v) is 10.2. The van der Waals surface area contributed by atoms with Crippen LogP contribution in [0.3, 0.4) is 0 Å². The highest BCUT2D eigenvalue weighted by molar-refractivity contribution is 7.89. The van der Waals surface area contributed by atoms with Gasteiger partial charge < -0.3 is 10.2 Å². The second kappa shape index (κ2) is 8.97. The molecule has 0 spiro atoms. The van der Waals surface area contributed by atoms with Gasteiger partial charge in [0.15, 0.2) is 0 Å². The maximum absolute atomic E-state index is 13.3. The molecule has 0 atom stereocenters. The summed E-state index contributed by atoms with van der Waals surface area (Å²) in [5, 5.41) is 3.20. The Kier molecular flexibility index (Phi) is 7.49. The van der Waals surface area contributed by atoms with Crippen LogP contribution >= 0.6 is 24.0 Å². The number of rotatable bonds is 4. The zero-order valence-corrected chi connectivity index (χ0v) is 16.3. The van der Waals surface area contributed by atoms with Crippen LogP contribution in [0.1, 0.15) is 12.8 Å². The van der Waals surface area contributed by atoms with Crippen molar-refractivity contribution in [1.82, 2.24) is 14.5 Å². The topological polar surface area (TPSA) is 52.7 Å². The highest BCUT2D eigenvalue weighted by Crippen LogP contribution is 2.23. The van der Waals surface area contributed by atoms with Crippen molar-refractivity contribution in [2.45, 2.75) is 17.7 Å². The van der Waals surface area contributed by atoms with E-state index in [1.807, 2.05) is 0 Å². The number of piperazine rings is 1. The molecule has 2 heterocycles. The minimum atomic E-state index is -3.61. The van der Waals surface area contributed by atoms with E-state index < -0.39 is 15.8 Å². The molecule has 2 aliphatic rings. The number of nitrogens with zero attached hydrogens (tertiary/aromatic N) is 2. The fourth-order valence-corrected chi connectivity index (χ4v) is 5.06. The van der Waals surface area contributed by atoms with Crippen molar-refractivity contribution in [3.05, 3.63) is 29.0 Å². The van der Waals surface area contributed by atoms with E-state index in [-0.39, 0.29) is 22.3 Å². The second-order valence-electron chi connectivity index (χ2n) is 6.47. The van der Waals surface area contributed by atoms with Gasteiger partial charge in [-0.15, -0.1) is 12.4 Å². The monoisotopic (exact) mass is 411 g/mol. The molecular weight excluding hydrogens is 388 g/mol. The molecular formula is C16H24Cl2FN3O2S. The van der Waals surface area contributed by atoms with Crippen LogP contribution < -0.4 is 5.32 Å². The molecule has 1 aromatic carbocycles. The van der Waals surface area contributed by atoms with Crippen LogP contribution in [0.2, 0.25) is 5.02 Å². The third-order valence-corrected chi connectivity index (χ3v) is 7.02. The predicted octanol–water partition coefficient (Wildman–Crippen LogP) is 2.21. The minimum absolute atomic E-state index is 0. The molecule has 5 nitrogen and oxygen atoms in total. The Balaban J connectivity index is 0.00000225. The van der Waals surface area contributed by atoms with Crippen molar-refractivity contribution in [3.63, 3.8) is 0 Å². The maximum Gasteiger partial charge on any atom is 0.243 e. The van der Waals surface area contributed by atoms with Gasteiger partial charge in [0.2, 0.25) is 10.0 Å². The molecule has 2 saturated heterocycles. The average molecular weight is 412 g/mol. The Morgan fingerprint density at radius 2 is 1.80 bits per heavy atom. The summed E-state index contributed by atoms with van der Waals surface area (Å²) in [6, 6.07) is 3.56. The van der Waals surface area contributed by atoms with Crippen molar-refractivity contribution in [2.24, 2.45) is 5.92 Å². The van der Waals surface area contributed by atoms with Gasteiger partial charge >= 0.3 is 0 Å². The Labute approximate surface area is 160 Å². The summed E-state index contributed by atoms with van der Waals surface area (Å²) in [6.07, 6.45) is 2.37. The number of hydrogen-bond donors (Lipinski definition) is 1. The molecule has 2 aliphatic heterocycles. The van der Waals surface area contributed by atoms with Crippen LogP contribution in [0, 0.1) is 11.7 Å². The number of benzene rings is 1. The van der Waals surface area contributed by atoms with Crippen LogP contribution in [0.15, 0.2) is 23.1 Å². The largest absolute Gasteiger partial charge is 0.317 e. The van der Waals surface area contributed by atoms with E-state index in [0.717, 1.165) is 38.8 Å². The van der Waals surface area contributed by atoms with Crippen molar-refractivity contribution in [1.29, 1.82) is 0 Å². The first-order valence-electron chi connectivity index (χ1n) is 8.35. The average Bonchev–Trinajstić information content (AvgIpc) is 2.58. The van der Waals surface area contributed by atoms with Crippen molar-refractivity contribution < 1.29 is 12.8 Å². The Morgan fingerprint density at radius 1 is 1.16 bits per heavy atom. The lowest BCUT2D eigenvalue weighted by atomic mass is 9.97. The Bertz CT molecular complexity index is 676. The van der Waals surface area contributed by atoms with Gasteiger partial charge in [0.25, 0.3) is 0 Å². The van der Waals surface area contributed by atoms with E-state index in [0.29, 0.717) is 19.0 Å². The summed E-state index contributed by atoms with van der Waals surface area (Å²) < 4.78 is 40.1. The van der Waals surface area contributed by atoms with E-state index in [1.54, 1.807) is 0 Å². The molecule has 142 valence electrons.